The zero-order chi connectivity index (χ0) is 13.8. The molecule has 3 heterocycles. The molecule has 1 aliphatic rings. The first kappa shape index (κ1) is 13.1. The summed E-state index contributed by atoms with van der Waals surface area (Å²) in [6, 6.07) is 6.44. The molecule has 2 aromatic heterocycles. The first-order valence-corrected chi connectivity index (χ1v) is 7.10. The molecule has 0 saturated carbocycles. The molecule has 0 bridgehead atoms. The summed E-state index contributed by atoms with van der Waals surface area (Å²) in [4.78, 5) is 10.6. The van der Waals surface area contributed by atoms with Gasteiger partial charge in [-0.25, -0.2) is 9.97 Å². The Morgan fingerprint density at radius 2 is 2.35 bits per heavy atom. The second-order valence-electron chi connectivity index (χ2n) is 5.33. The number of aromatic nitrogens is 2. The number of furan rings is 1. The van der Waals surface area contributed by atoms with Gasteiger partial charge in [0.25, 0.3) is 0 Å². The minimum atomic E-state index is 0.440. The van der Waals surface area contributed by atoms with E-state index in [4.69, 9.17) is 4.42 Å². The third kappa shape index (κ3) is 3.36. The molecular formula is C15H20N4O. The summed E-state index contributed by atoms with van der Waals surface area (Å²) in [7, 11) is 0. The molecule has 3 rings (SSSR count). The van der Waals surface area contributed by atoms with E-state index in [1.54, 1.807) is 12.5 Å². The van der Waals surface area contributed by atoms with Crippen LogP contribution in [0.2, 0.25) is 0 Å². The Kier molecular flexibility index (Phi) is 3.97. The third-order valence-electron chi connectivity index (χ3n) is 3.61. The highest BCUT2D eigenvalue weighted by atomic mass is 16.3. The van der Waals surface area contributed by atoms with Gasteiger partial charge in [0.1, 0.15) is 23.7 Å². The van der Waals surface area contributed by atoms with E-state index in [2.05, 4.69) is 26.3 Å². The van der Waals surface area contributed by atoms with Gasteiger partial charge in [0.15, 0.2) is 0 Å². The second kappa shape index (κ2) is 6.05. The van der Waals surface area contributed by atoms with Crippen LogP contribution in [0.4, 0.5) is 5.82 Å². The number of hydrogen-bond donors (Lipinski definition) is 1. The van der Waals surface area contributed by atoms with Crippen molar-refractivity contribution in [1.29, 1.82) is 0 Å². The molecule has 20 heavy (non-hydrogen) atoms. The van der Waals surface area contributed by atoms with E-state index in [1.807, 2.05) is 19.1 Å². The minimum absolute atomic E-state index is 0.440. The number of nitrogens with zero attached hydrogens (tertiary/aromatic N) is 3. The first-order chi connectivity index (χ1) is 9.79. The van der Waals surface area contributed by atoms with E-state index in [1.165, 1.54) is 12.8 Å². The largest absolute Gasteiger partial charge is 0.465 e. The maximum absolute atomic E-state index is 5.66. The quantitative estimate of drug-likeness (QED) is 0.926. The molecule has 1 aliphatic heterocycles. The zero-order valence-electron chi connectivity index (χ0n) is 11.7. The van der Waals surface area contributed by atoms with Crippen LogP contribution in [0.1, 0.15) is 24.4 Å². The standard InChI is InChI=1S/C15H20N4O/c1-12-4-5-14(20-12)10-19-8-2-3-13(9-19)18-15-6-7-16-11-17-15/h4-7,11,13H,2-3,8-10H2,1H3,(H,16,17,18). The Hall–Kier alpha value is -1.88. The van der Waals surface area contributed by atoms with Crippen LogP contribution < -0.4 is 5.32 Å². The summed E-state index contributed by atoms with van der Waals surface area (Å²) in [6.45, 7) is 5.01. The molecule has 1 atom stereocenters. The highest BCUT2D eigenvalue weighted by molar-refractivity contribution is 5.33. The fraction of sp³-hybridized carbons (Fsp3) is 0.467. The molecule has 5 nitrogen and oxygen atoms in total. The van der Waals surface area contributed by atoms with Gasteiger partial charge in [-0.05, 0) is 44.5 Å². The van der Waals surface area contributed by atoms with E-state index in [0.717, 1.165) is 37.0 Å². The monoisotopic (exact) mass is 272 g/mol. The molecular weight excluding hydrogens is 252 g/mol. The fourth-order valence-corrected chi connectivity index (χ4v) is 2.69. The molecule has 2 aromatic rings. The normalized spacial score (nSPS) is 19.9. The maximum Gasteiger partial charge on any atom is 0.129 e. The average molecular weight is 272 g/mol. The van der Waals surface area contributed by atoms with Crippen LogP contribution >= 0.6 is 0 Å². The SMILES string of the molecule is Cc1ccc(CN2CCCC(Nc3ccncn3)C2)o1. The topological polar surface area (TPSA) is 54.2 Å². The van der Waals surface area contributed by atoms with Crippen molar-refractivity contribution in [1.82, 2.24) is 14.9 Å². The van der Waals surface area contributed by atoms with Crippen LogP contribution in [0.3, 0.4) is 0 Å². The maximum atomic E-state index is 5.66. The molecule has 1 unspecified atom stereocenters. The Labute approximate surface area is 119 Å². The highest BCUT2D eigenvalue weighted by Gasteiger charge is 2.20. The molecule has 0 amide bonds. The predicted molar refractivity (Wildman–Crippen MR) is 77.4 cm³/mol. The lowest BCUT2D eigenvalue weighted by Gasteiger charge is -2.32. The van der Waals surface area contributed by atoms with Crippen molar-refractivity contribution in [3.8, 4) is 0 Å². The fourth-order valence-electron chi connectivity index (χ4n) is 2.69. The Morgan fingerprint density at radius 3 is 3.10 bits per heavy atom. The van der Waals surface area contributed by atoms with Crippen LogP contribution in [-0.2, 0) is 6.54 Å². The van der Waals surface area contributed by atoms with Crippen molar-refractivity contribution in [2.24, 2.45) is 0 Å². The molecule has 106 valence electrons. The van der Waals surface area contributed by atoms with E-state index in [-0.39, 0.29) is 0 Å². The zero-order valence-corrected chi connectivity index (χ0v) is 11.7. The van der Waals surface area contributed by atoms with Gasteiger partial charge in [-0.2, -0.15) is 0 Å². The van der Waals surface area contributed by atoms with Crippen molar-refractivity contribution in [2.45, 2.75) is 32.4 Å². The molecule has 1 saturated heterocycles. The number of rotatable bonds is 4. The minimum Gasteiger partial charge on any atom is -0.465 e. The average Bonchev–Trinajstić information content (AvgIpc) is 2.86. The lowest BCUT2D eigenvalue weighted by molar-refractivity contribution is 0.193. The van der Waals surface area contributed by atoms with Crippen molar-refractivity contribution in [3.05, 3.63) is 42.2 Å². The molecule has 0 aliphatic carbocycles. The molecule has 0 spiro atoms. The van der Waals surface area contributed by atoms with Gasteiger partial charge in [0.2, 0.25) is 0 Å². The van der Waals surface area contributed by atoms with Gasteiger partial charge < -0.3 is 9.73 Å². The molecule has 1 fully saturated rings. The number of hydrogen-bond acceptors (Lipinski definition) is 5. The van der Waals surface area contributed by atoms with E-state index in [0.29, 0.717) is 6.04 Å². The number of anilines is 1. The molecule has 5 heteroatoms. The smallest absolute Gasteiger partial charge is 0.129 e. The van der Waals surface area contributed by atoms with E-state index >= 15 is 0 Å². The first-order valence-electron chi connectivity index (χ1n) is 7.10. The Morgan fingerprint density at radius 1 is 1.40 bits per heavy atom. The lowest BCUT2D eigenvalue weighted by Crippen LogP contribution is -2.41. The number of aryl methyl sites for hydroxylation is 1. The van der Waals surface area contributed by atoms with Gasteiger partial charge in [-0.3, -0.25) is 4.90 Å². The summed E-state index contributed by atoms with van der Waals surface area (Å²) in [5.41, 5.74) is 0. The third-order valence-corrected chi connectivity index (χ3v) is 3.61. The van der Waals surface area contributed by atoms with Crippen molar-refractivity contribution >= 4 is 5.82 Å². The lowest BCUT2D eigenvalue weighted by atomic mass is 10.1. The van der Waals surface area contributed by atoms with Gasteiger partial charge in [-0.1, -0.05) is 0 Å². The van der Waals surface area contributed by atoms with Gasteiger partial charge in [0.05, 0.1) is 6.54 Å². The predicted octanol–water partition coefficient (Wildman–Crippen LogP) is 2.45. The summed E-state index contributed by atoms with van der Waals surface area (Å²) >= 11 is 0. The number of piperidine rings is 1. The van der Waals surface area contributed by atoms with E-state index in [9.17, 15) is 0 Å². The van der Waals surface area contributed by atoms with Crippen LogP contribution in [0.25, 0.3) is 0 Å². The Bertz CT molecular complexity index is 540. The van der Waals surface area contributed by atoms with Crippen molar-refractivity contribution in [2.75, 3.05) is 18.4 Å². The molecule has 1 N–H and O–H groups in total. The highest BCUT2D eigenvalue weighted by Crippen LogP contribution is 2.17. The van der Waals surface area contributed by atoms with Crippen LogP contribution in [0, 0.1) is 6.92 Å². The van der Waals surface area contributed by atoms with Crippen LogP contribution in [0.5, 0.6) is 0 Å². The van der Waals surface area contributed by atoms with Gasteiger partial charge >= 0.3 is 0 Å². The van der Waals surface area contributed by atoms with Crippen LogP contribution in [0.15, 0.2) is 35.1 Å². The molecule has 0 aromatic carbocycles. The summed E-state index contributed by atoms with van der Waals surface area (Å²) in [5.74, 6) is 2.93. The summed E-state index contributed by atoms with van der Waals surface area (Å²) < 4.78 is 5.66. The van der Waals surface area contributed by atoms with Crippen molar-refractivity contribution < 1.29 is 4.42 Å². The summed E-state index contributed by atoms with van der Waals surface area (Å²) in [6.07, 6.45) is 5.72. The number of likely N-dealkylation sites (tertiary alicyclic amines) is 1. The summed E-state index contributed by atoms with van der Waals surface area (Å²) in [5, 5.41) is 3.48. The van der Waals surface area contributed by atoms with E-state index < -0.39 is 0 Å². The number of nitrogens with one attached hydrogen (secondary N) is 1. The van der Waals surface area contributed by atoms with Crippen LogP contribution in [-0.4, -0.2) is 34.0 Å². The van der Waals surface area contributed by atoms with Gasteiger partial charge in [-0.15, -0.1) is 0 Å². The second-order valence-corrected chi connectivity index (χ2v) is 5.33. The van der Waals surface area contributed by atoms with Gasteiger partial charge in [0, 0.05) is 18.8 Å². The molecule has 0 radical (unpaired) electrons. The Balaban J connectivity index is 1.56. The van der Waals surface area contributed by atoms with Crippen molar-refractivity contribution in [3.63, 3.8) is 0 Å².